The second-order valence-electron chi connectivity index (χ2n) is 12.0. The lowest BCUT2D eigenvalue weighted by Crippen LogP contribution is -2.46. The first-order chi connectivity index (χ1) is 21.8. The van der Waals surface area contributed by atoms with Crippen molar-refractivity contribution in [2.45, 2.75) is 91.3 Å². The molecule has 1 saturated heterocycles. The summed E-state index contributed by atoms with van der Waals surface area (Å²) >= 11 is 0. The first kappa shape index (κ1) is 39.2. The smallest absolute Gasteiger partial charge is 0.385 e. The lowest BCUT2D eigenvalue weighted by atomic mass is 10.0. The summed E-state index contributed by atoms with van der Waals surface area (Å²) in [5, 5.41) is 6.09. The molecule has 1 aliphatic heterocycles. The molecule has 0 radical (unpaired) electrons. The Hall–Kier alpha value is -2.99. The van der Waals surface area contributed by atoms with Crippen LogP contribution in [-0.4, -0.2) is 75.7 Å². The molecule has 260 valence electrons. The van der Waals surface area contributed by atoms with Crippen molar-refractivity contribution in [1.29, 1.82) is 0 Å². The third-order valence-electron chi connectivity index (χ3n) is 7.87. The van der Waals surface area contributed by atoms with Gasteiger partial charge in [-0.05, 0) is 88.8 Å². The molecule has 0 aliphatic carbocycles. The fourth-order valence-corrected chi connectivity index (χ4v) is 5.13. The van der Waals surface area contributed by atoms with E-state index in [0.717, 1.165) is 50.4 Å². The van der Waals surface area contributed by atoms with E-state index in [0.29, 0.717) is 62.5 Å². The highest BCUT2D eigenvalue weighted by atomic mass is 19.4. The number of allylic oxidation sites excluding steroid dienone is 2. The number of anilines is 2. The summed E-state index contributed by atoms with van der Waals surface area (Å²) < 4.78 is 74.8. The van der Waals surface area contributed by atoms with Crippen molar-refractivity contribution in [2.75, 3.05) is 56.6 Å². The van der Waals surface area contributed by atoms with Gasteiger partial charge in [0.1, 0.15) is 18.7 Å². The molecule has 1 heterocycles. The van der Waals surface area contributed by atoms with Crippen LogP contribution < -0.4 is 15.5 Å². The van der Waals surface area contributed by atoms with E-state index in [1.165, 1.54) is 0 Å². The molecule has 2 N–H and O–H groups in total. The van der Waals surface area contributed by atoms with Gasteiger partial charge in [-0.15, -0.1) is 0 Å². The number of ether oxygens (including phenoxy) is 1. The van der Waals surface area contributed by atoms with E-state index in [-0.39, 0.29) is 18.1 Å². The third kappa shape index (κ3) is 14.2. The number of nitrogens with zero attached hydrogens (tertiary/aromatic N) is 3. The van der Waals surface area contributed by atoms with Crippen LogP contribution in [0.1, 0.15) is 78.2 Å². The van der Waals surface area contributed by atoms with E-state index in [1.807, 2.05) is 20.9 Å². The summed E-state index contributed by atoms with van der Waals surface area (Å²) in [5.41, 5.74) is 1.26. The molecule has 46 heavy (non-hydrogen) atoms. The summed E-state index contributed by atoms with van der Waals surface area (Å²) in [7, 11) is 2.01. The van der Waals surface area contributed by atoms with Crippen molar-refractivity contribution in [2.24, 2.45) is 10.9 Å². The van der Waals surface area contributed by atoms with Gasteiger partial charge < -0.3 is 30.0 Å². The molecule has 0 bridgehead atoms. The van der Waals surface area contributed by atoms with Crippen molar-refractivity contribution >= 4 is 23.5 Å². The number of morpholine rings is 1. The number of unbranched alkanes of at least 4 members (excludes halogenated alkanes) is 2. The van der Waals surface area contributed by atoms with Crippen molar-refractivity contribution < 1.29 is 31.5 Å². The fraction of sp³-hybridized carbons (Fsp3) is 0.647. The molecule has 0 spiro atoms. The van der Waals surface area contributed by atoms with Crippen LogP contribution in [0.15, 0.2) is 46.7 Å². The molecule has 1 atom stereocenters. The highest BCUT2D eigenvalue weighted by molar-refractivity contribution is 5.94. The lowest BCUT2D eigenvalue weighted by Gasteiger charge is -2.34. The van der Waals surface area contributed by atoms with Gasteiger partial charge in [0, 0.05) is 42.8 Å². The maximum absolute atomic E-state index is 14.3. The molecule has 0 aromatic heterocycles. The average molecular weight is 658 g/mol. The monoisotopic (exact) mass is 657 g/mol. The van der Waals surface area contributed by atoms with E-state index in [2.05, 4.69) is 32.2 Å². The summed E-state index contributed by atoms with van der Waals surface area (Å²) in [6, 6.07) is 5.24. The Labute approximate surface area is 271 Å². The zero-order valence-electron chi connectivity index (χ0n) is 28.0. The predicted octanol–water partition coefficient (Wildman–Crippen LogP) is 7.95. The number of benzene rings is 1. The Morgan fingerprint density at radius 3 is 2.59 bits per heavy atom. The van der Waals surface area contributed by atoms with Crippen LogP contribution in [0.5, 0.6) is 0 Å². The minimum Gasteiger partial charge on any atom is -0.385 e. The van der Waals surface area contributed by atoms with Crippen LogP contribution in [0.4, 0.5) is 33.3 Å². The molecule has 12 heteroatoms. The topological polar surface area (TPSA) is 69.2 Å². The molecule has 1 unspecified atom stereocenters. The highest BCUT2D eigenvalue weighted by Gasteiger charge is 2.37. The van der Waals surface area contributed by atoms with Crippen LogP contribution in [0.2, 0.25) is 0 Å². The Kier molecular flexibility index (Phi) is 16.7. The van der Waals surface area contributed by atoms with Gasteiger partial charge in [0.15, 0.2) is 0 Å². The van der Waals surface area contributed by atoms with Crippen LogP contribution in [-0.2, 0) is 16.0 Å². The van der Waals surface area contributed by atoms with E-state index < -0.39 is 24.4 Å². The van der Waals surface area contributed by atoms with E-state index in [9.17, 15) is 26.7 Å². The number of halogens is 5. The fourth-order valence-electron chi connectivity index (χ4n) is 5.13. The molecule has 1 fully saturated rings. The van der Waals surface area contributed by atoms with Gasteiger partial charge in [0.25, 0.3) is 0 Å². The number of aryl methyl sites for hydroxylation is 1. The summed E-state index contributed by atoms with van der Waals surface area (Å²) in [4.78, 5) is 18.4. The second kappa shape index (κ2) is 19.6. The van der Waals surface area contributed by atoms with Gasteiger partial charge in [0.2, 0.25) is 0 Å². The Bertz CT molecular complexity index is 1170. The summed E-state index contributed by atoms with van der Waals surface area (Å²) in [6.45, 7) is 9.30. The Morgan fingerprint density at radius 2 is 1.93 bits per heavy atom. The van der Waals surface area contributed by atoms with Gasteiger partial charge in [-0.3, -0.25) is 0 Å². The number of carbonyl (C=O) groups is 1. The lowest BCUT2D eigenvalue weighted by molar-refractivity contribution is -0.240. The van der Waals surface area contributed by atoms with Crippen molar-refractivity contribution in [3.63, 3.8) is 0 Å². The Balaban J connectivity index is 2.07. The largest absolute Gasteiger partial charge is 0.419 e. The number of aldehydes is 1. The van der Waals surface area contributed by atoms with Crippen molar-refractivity contribution in [3.8, 4) is 0 Å². The van der Waals surface area contributed by atoms with E-state index in [1.54, 1.807) is 36.1 Å². The third-order valence-corrected chi connectivity index (χ3v) is 7.87. The second-order valence-corrected chi connectivity index (χ2v) is 12.0. The normalized spacial score (nSPS) is 16.9. The molecular formula is C34H52F5N5O2. The summed E-state index contributed by atoms with van der Waals surface area (Å²) in [5.74, 6) is 0.778. The standard InChI is InChI=1S/C34H52F5N5O2/c1-6-8-13-32(40-17-11-18-43(5)19-16-26(3)12-9-10-21-45)30(34(37,38)39)24-41-27(4)42-31-15-14-29(23-28(31)7-2)44-20-22-46-33(35,36)25-44/h13-15,21,23-24,26,40H,6-12,16-20,22,25H2,1-5H3,(H,41,42)/b30-24+,32-13-. The van der Waals surface area contributed by atoms with Gasteiger partial charge in [-0.25, -0.2) is 4.99 Å². The van der Waals surface area contributed by atoms with Gasteiger partial charge in [-0.2, -0.15) is 22.0 Å². The zero-order valence-corrected chi connectivity index (χ0v) is 28.0. The minimum absolute atomic E-state index is 0.0123. The SMILES string of the molecule is CCC/C=C(NCCCN(C)CCC(C)CCCC=O)/C(=C\N=C(C)Nc1ccc(N2CCOC(F)(F)C2)cc1CC)C(F)(F)F. The van der Waals surface area contributed by atoms with Crippen LogP contribution >= 0.6 is 0 Å². The molecule has 2 rings (SSSR count). The quantitative estimate of drug-likeness (QED) is 0.0393. The number of nitrogens with one attached hydrogen (secondary N) is 2. The number of aliphatic imine (C=N–C) groups is 1. The number of rotatable bonds is 19. The molecule has 0 amide bonds. The molecular weight excluding hydrogens is 605 g/mol. The zero-order chi connectivity index (χ0) is 34.2. The average Bonchev–Trinajstić information content (AvgIpc) is 2.99. The number of carbonyl (C=O) groups excluding carboxylic acids is 1. The molecule has 1 aromatic rings. The van der Waals surface area contributed by atoms with E-state index in [4.69, 9.17) is 0 Å². The van der Waals surface area contributed by atoms with Crippen LogP contribution in [0, 0.1) is 5.92 Å². The Morgan fingerprint density at radius 1 is 1.17 bits per heavy atom. The van der Waals surface area contributed by atoms with Crippen molar-refractivity contribution in [3.05, 3.63) is 47.3 Å². The van der Waals surface area contributed by atoms with Gasteiger partial charge >= 0.3 is 12.3 Å². The summed E-state index contributed by atoms with van der Waals surface area (Å²) in [6.07, 6.45) is 1.47. The number of hydrogen-bond acceptors (Lipinski definition) is 6. The number of alkyl halides is 5. The van der Waals surface area contributed by atoms with Gasteiger partial charge in [-0.1, -0.05) is 39.7 Å². The number of amidine groups is 1. The molecule has 7 nitrogen and oxygen atoms in total. The highest BCUT2D eigenvalue weighted by Crippen LogP contribution is 2.32. The minimum atomic E-state index is -4.62. The maximum atomic E-state index is 14.3. The van der Waals surface area contributed by atoms with Crippen LogP contribution in [0.3, 0.4) is 0 Å². The molecule has 0 saturated carbocycles. The van der Waals surface area contributed by atoms with Crippen LogP contribution in [0.25, 0.3) is 0 Å². The first-order valence-electron chi connectivity index (χ1n) is 16.3. The maximum Gasteiger partial charge on any atom is 0.419 e. The molecule has 1 aromatic carbocycles. The van der Waals surface area contributed by atoms with E-state index >= 15 is 0 Å². The molecule has 1 aliphatic rings. The first-order valence-corrected chi connectivity index (χ1v) is 16.3. The predicted molar refractivity (Wildman–Crippen MR) is 177 cm³/mol. The van der Waals surface area contributed by atoms with Crippen molar-refractivity contribution in [1.82, 2.24) is 10.2 Å². The number of hydrogen-bond donors (Lipinski definition) is 2. The van der Waals surface area contributed by atoms with Gasteiger partial charge in [0.05, 0.1) is 12.2 Å².